The zero-order chi connectivity index (χ0) is 20.4. The van der Waals surface area contributed by atoms with Gasteiger partial charge in [-0.3, -0.25) is 4.40 Å². The molecule has 1 saturated heterocycles. The van der Waals surface area contributed by atoms with Crippen molar-refractivity contribution in [1.29, 1.82) is 10.7 Å². The van der Waals surface area contributed by atoms with E-state index in [-0.39, 0.29) is 17.9 Å². The molecule has 0 amide bonds. The van der Waals surface area contributed by atoms with Gasteiger partial charge in [-0.05, 0) is 13.0 Å². The third-order valence-corrected chi connectivity index (χ3v) is 4.70. The van der Waals surface area contributed by atoms with Gasteiger partial charge in [0.05, 0.1) is 25.0 Å². The lowest BCUT2D eigenvalue weighted by atomic mass is 10.1. The van der Waals surface area contributed by atoms with Gasteiger partial charge < -0.3 is 20.8 Å². The van der Waals surface area contributed by atoms with Crippen molar-refractivity contribution in [2.24, 2.45) is 5.73 Å². The fourth-order valence-electron chi connectivity index (χ4n) is 3.33. The molecule has 29 heavy (non-hydrogen) atoms. The minimum Gasteiger partial charge on any atom is -0.404 e. The van der Waals surface area contributed by atoms with Crippen LogP contribution in [-0.4, -0.2) is 55.8 Å². The molecule has 10 nitrogen and oxygen atoms in total. The van der Waals surface area contributed by atoms with Gasteiger partial charge in [-0.1, -0.05) is 0 Å². The van der Waals surface area contributed by atoms with E-state index in [0.717, 1.165) is 5.82 Å². The second-order valence-electron chi connectivity index (χ2n) is 6.65. The predicted molar refractivity (Wildman–Crippen MR) is 106 cm³/mol. The highest BCUT2D eigenvalue weighted by molar-refractivity contribution is 5.77. The Morgan fingerprint density at radius 2 is 2.21 bits per heavy atom. The van der Waals surface area contributed by atoms with Crippen molar-refractivity contribution in [3.8, 4) is 17.6 Å². The molecule has 0 radical (unpaired) electrons. The molecular formula is C19H19N9O. The van der Waals surface area contributed by atoms with E-state index in [0.29, 0.717) is 35.8 Å². The number of ether oxygens (including phenoxy) is 1. The molecule has 3 aromatic heterocycles. The van der Waals surface area contributed by atoms with Crippen LogP contribution in [0.5, 0.6) is 0 Å². The number of hydrogen-bond donors (Lipinski definition) is 2. The third kappa shape index (κ3) is 3.51. The molecule has 146 valence electrons. The maximum absolute atomic E-state index is 9.12. The van der Waals surface area contributed by atoms with Crippen LogP contribution in [0, 0.1) is 16.7 Å². The summed E-state index contributed by atoms with van der Waals surface area (Å²) in [6.45, 7) is 3.15. The van der Waals surface area contributed by atoms with E-state index in [4.69, 9.17) is 26.1 Å². The number of aromatic nitrogens is 5. The van der Waals surface area contributed by atoms with E-state index in [1.807, 2.05) is 19.1 Å². The molecule has 0 aliphatic carbocycles. The second-order valence-corrected chi connectivity index (χ2v) is 6.65. The largest absolute Gasteiger partial charge is 0.404 e. The van der Waals surface area contributed by atoms with Crippen LogP contribution in [0.15, 0.2) is 42.6 Å². The normalized spacial score (nSPS) is 19.9. The Balaban J connectivity index is 1.69. The summed E-state index contributed by atoms with van der Waals surface area (Å²) in [6.07, 6.45) is 8.76. The van der Waals surface area contributed by atoms with Gasteiger partial charge in [-0.25, -0.2) is 19.9 Å². The van der Waals surface area contributed by atoms with Crippen LogP contribution in [0.1, 0.15) is 12.6 Å². The number of fused-ring (bicyclic) bond motifs is 1. The first-order valence-corrected chi connectivity index (χ1v) is 9.02. The zero-order valence-corrected chi connectivity index (χ0v) is 15.7. The van der Waals surface area contributed by atoms with Gasteiger partial charge in [0.25, 0.3) is 0 Å². The monoisotopic (exact) mass is 389 g/mol. The molecule has 0 spiro atoms. The summed E-state index contributed by atoms with van der Waals surface area (Å²) in [5.74, 6) is 1.23. The smallest absolute Gasteiger partial charge is 0.180 e. The highest BCUT2D eigenvalue weighted by atomic mass is 16.5. The van der Waals surface area contributed by atoms with Crippen LogP contribution >= 0.6 is 0 Å². The maximum atomic E-state index is 9.12. The van der Waals surface area contributed by atoms with Crippen molar-refractivity contribution in [2.75, 3.05) is 18.0 Å². The summed E-state index contributed by atoms with van der Waals surface area (Å²) in [6, 6.07) is 3.86. The van der Waals surface area contributed by atoms with Crippen LogP contribution in [0.3, 0.4) is 0 Å². The Labute approximate surface area is 166 Å². The van der Waals surface area contributed by atoms with E-state index < -0.39 is 0 Å². The molecule has 0 aromatic carbocycles. The average molecular weight is 389 g/mol. The van der Waals surface area contributed by atoms with Crippen molar-refractivity contribution in [1.82, 2.24) is 24.3 Å². The Bertz CT molecular complexity index is 1130. The molecule has 1 aliphatic rings. The first kappa shape index (κ1) is 18.5. The average Bonchev–Trinajstić information content (AvgIpc) is 3.17. The molecule has 4 heterocycles. The number of nitrogens with zero attached hydrogens (tertiary/aromatic N) is 7. The number of nitriles is 1. The summed E-state index contributed by atoms with van der Waals surface area (Å²) < 4.78 is 7.68. The summed E-state index contributed by atoms with van der Waals surface area (Å²) in [4.78, 5) is 19.5. The number of morpholine rings is 1. The Hall–Kier alpha value is -3.84. The van der Waals surface area contributed by atoms with Gasteiger partial charge in [-0.15, -0.1) is 0 Å². The van der Waals surface area contributed by atoms with Crippen LogP contribution in [0.4, 0.5) is 5.82 Å². The first-order chi connectivity index (χ1) is 14.1. The van der Waals surface area contributed by atoms with Gasteiger partial charge >= 0.3 is 0 Å². The van der Waals surface area contributed by atoms with E-state index in [1.54, 1.807) is 23.0 Å². The van der Waals surface area contributed by atoms with Crippen LogP contribution in [0.2, 0.25) is 0 Å². The minimum atomic E-state index is -0.306. The van der Waals surface area contributed by atoms with E-state index in [1.165, 1.54) is 18.6 Å². The third-order valence-electron chi connectivity index (χ3n) is 4.70. The molecule has 0 saturated carbocycles. The molecular weight excluding hydrogens is 370 g/mol. The summed E-state index contributed by atoms with van der Waals surface area (Å²) >= 11 is 0. The van der Waals surface area contributed by atoms with Crippen molar-refractivity contribution in [2.45, 2.75) is 19.1 Å². The quantitative estimate of drug-likeness (QED) is 0.633. The Morgan fingerprint density at radius 1 is 1.34 bits per heavy atom. The lowest BCUT2D eigenvalue weighted by Crippen LogP contribution is -2.48. The fourth-order valence-corrected chi connectivity index (χ4v) is 3.33. The topological polar surface area (TPSA) is 142 Å². The number of rotatable bonds is 4. The number of nitrogens with one attached hydrogen (secondary N) is 1. The number of hydrogen-bond acceptors (Lipinski definition) is 9. The predicted octanol–water partition coefficient (Wildman–Crippen LogP) is 1.14. The molecule has 2 unspecified atom stereocenters. The lowest BCUT2D eigenvalue weighted by Gasteiger charge is -2.37. The summed E-state index contributed by atoms with van der Waals surface area (Å²) in [7, 11) is 0. The molecule has 4 rings (SSSR count). The van der Waals surface area contributed by atoms with Crippen molar-refractivity contribution >= 4 is 17.7 Å². The van der Waals surface area contributed by atoms with Gasteiger partial charge in [0.2, 0.25) is 0 Å². The summed E-state index contributed by atoms with van der Waals surface area (Å²) in [5.41, 5.74) is 7.81. The van der Waals surface area contributed by atoms with Crippen LogP contribution < -0.4 is 10.6 Å². The van der Waals surface area contributed by atoms with Gasteiger partial charge in [-0.2, -0.15) is 5.26 Å². The summed E-state index contributed by atoms with van der Waals surface area (Å²) in [5, 5.41) is 16.7. The lowest BCUT2D eigenvalue weighted by molar-refractivity contribution is 0.00689. The van der Waals surface area contributed by atoms with Gasteiger partial charge in [0, 0.05) is 36.9 Å². The Kier molecular flexibility index (Phi) is 4.88. The molecule has 3 aromatic rings. The number of anilines is 1. The number of imidazole rings is 1. The van der Waals surface area contributed by atoms with Crippen molar-refractivity contribution < 1.29 is 4.74 Å². The van der Waals surface area contributed by atoms with Crippen molar-refractivity contribution in [3.63, 3.8) is 0 Å². The maximum Gasteiger partial charge on any atom is 0.180 e. The Morgan fingerprint density at radius 3 is 2.97 bits per heavy atom. The van der Waals surface area contributed by atoms with E-state index in [9.17, 15) is 0 Å². The van der Waals surface area contributed by atoms with Crippen LogP contribution in [-0.2, 0) is 4.74 Å². The molecule has 2 atom stereocenters. The SMILES string of the molecule is CC1CN(c2ccnc(-c3cnc4cnc(C#N)cn34)n2)CC(/C(C=N)=C/N)O1. The number of nitrogens with two attached hydrogens (primary N) is 1. The first-order valence-electron chi connectivity index (χ1n) is 9.02. The molecule has 3 N–H and O–H groups in total. The van der Waals surface area contributed by atoms with E-state index in [2.05, 4.69) is 19.9 Å². The molecule has 0 bridgehead atoms. The minimum absolute atomic E-state index is 0.0536. The van der Waals surface area contributed by atoms with Gasteiger partial charge in [0.1, 0.15) is 23.7 Å². The second kappa shape index (κ2) is 7.65. The van der Waals surface area contributed by atoms with Crippen molar-refractivity contribution in [3.05, 3.63) is 48.3 Å². The fraction of sp³-hybridized carbons (Fsp3) is 0.263. The van der Waals surface area contributed by atoms with Gasteiger partial charge in [0.15, 0.2) is 17.2 Å². The standard InChI is InChI=1S/C19H19N9O/c1-12-9-27(11-16(29-12)13(4-20)5-21)17-2-3-23-19(26-17)15-7-25-18-8-24-14(6-22)10-28(15)18/h2-5,7-8,10,12,16,20H,9,11,21H2,1H3/b13-5+,20-4?. The zero-order valence-electron chi connectivity index (χ0n) is 15.7. The molecule has 10 heteroatoms. The molecule has 1 fully saturated rings. The molecule has 1 aliphatic heterocycles. The van der Waals surface area contributed by atoms with E-state index >= 15 is 0 Å². The highest BCUT2D eigenvalue weighted by Crippen LogP contribution is 2.24. The highest BCUT2D eigenvalue weighted by Gasteiger charge is 2.28. The van der Waals surface area contributed by atoms with Crippen LogP contribution in [0.25, 0.3) is 17.2 Å².